The summed E-state index contributed by atoms with van der Waals surface area (Å²) in [7, 11) is 3.19. The highest BCUT2D eigenvalue weighted by Crippen LogP contribution is 2.11. The molecular formula is C13H15NO2. The van der Waals surface area contributed by atoms with Crippen molar-refractivity contribution in [3.8, 4) is 11.8 Å². The van der Waals surface area contributed by atoms with Crippen molar-refractivity contribution in [2.24, 2.45) is 0 Å². The first-order chi connectivity index (χ1) is 7.69. The topological polar surface area (TPSA) is 38.3 Å². The van der Waals surface area contributed by atoms with E-state index in [0.717, 1.165) is 5.56 Å². The van der Waals surface area contributed by atoms with Crippen molar-refractivity contribution in [3.05, 3.63) is 34.9 Å². The van der Waals surface area contributed by atoms with E-state index in [1.165, 1.54) is 7.11 Å². The van der Waals surface area contributed by atoms with E-state index >= 15 is 0 Å². The molecule has 0 aliphatic rings. The molecule has 16 heavy (non-hydrogen) atoms. The summed E-state index contributed by atoms with van der Waals surface area (Å²) < 4.78 is 4.70. The Balaban J connectivity index is 3.09. The number of carbonyl (C=O) groups excluding carboxylic acids is 1. The summed E-state index contributed by atoms with van der Waals surface area (Å²) >= 11 is 0. The van der Waals surface area contributed by atoms with Crippen LogP contribution in [-0.4, -0.2) is 26.7 Å². The molecule has 0 heterocycles. The number of ether oxygens (including phenoxy) is 1. The first-order valence-electron chi connectivity index (χ1n) is 5.01. The van der Waals surface area contributed by atoms with Gasteiger partial charge < -0.3 is 10.1 Å². The van der Waals surface area contributed by atoms with Crippen LogP contribution in [0.2, 0.25) is 0 Å². The summed E-state index contributed by atoms with van der Waals surface area (Å²) in [6.07, 6.45) is 0. The van der Waals surface area contributed by atoms with Crippen LogP contribution in [0.15, 0.2) is 18.2 Å². The zero-order chi connectivity index (χ0) is 12.0. The Labute approximate surface area is 95.8 Å². The van der Waals surface area contributed by atoms with Gasteiger partial charge in [-0.25, -0.2) is 4.79 Å². The maximum Gasteiger partial charge on any atom is 0.339 e. The zero-order valence-corrected chi connectivity index (χ0v) is 9.76. The number of benzene rings is 1. The Morgan fingerprint density at radius 2 is 2.25 bits per heavy atom. The molecule has 0 amide bonds. The normalized spacial score (nSPS) is 9.19. The third-order valence-electron chi connectivity index (χ3n) is 2.07. The molecule has 0 aromatic heterocycles. The van der Waals surface area contributed by atoms with Crippen molar-refractivity contribution < 1.29 is 9.53 Å². The van der Waals surface area contributed by atoms with Crippen molar-refractivity contribution in [1.82, 2.24) is 5.32 Å². The Bertz CT molecular complexity index is 441. The Morgan fingerprint density at radius 3 is 2.88 bits per heavy atom. The lowest BCUT2D eigenvalue weighted by molar-refractivity contribution is 0.0600. The average Bonchev–Trinajstić information content (AvgIpc) is 2.29. The van der Waals surface area contributed by atoms with E-state index in [0.29, 0.717) is 17.7 Å². The molecule has 0 radical (unpaired) electrons. The van der Waals surface area contributed by atoms with Crippen LogP contribution in [0, 0.1) is 18.8 Å². The van der Waals surface area contributed by atoms with Gasteiger partial charge in [-0.3, -0.25) is 0 Å². The van der Waals surface area contributed by atoms with Gasteiger partial charge >= 0.3 is 5.97 Å². The lowest BCUT2D eigenvalue weighted by atomic mass is 10.0. The van der Waals surface area contributed by atoms with Gasteiger partial charge in [-0.05, 0) is 31.7 Å². The molecule has 0 spiro atoms. The van der Waals surface area contributed by atoms with E-state index < -0.39 is 0 Å². The zero-order valence-electron chi connectivity index (χ0n) is 9.76. The number of nitrogens with one attached hydrogen (secondary N) is 1. The minimum Gasteiger partial charge on any atom is -0.465 e. The lowest BCUT2D eigenvalue weighted by Gasteiger charge is -2.03. The molecular weight excluding hydrogens is 202 g/mol. The molecule has 0 aliphatic heterocycles. The summed E-state index contributed by atoms with van der Waals surface area (Å²) in [5, 5.41) is 2.93. The molecule has 0 aliphatic carbocycles. The third-order valence-corrected chi connectivity index (χ3v) is 2.07. The highest BCUT2D eigenvalue weighted by Gasteiger charge is 2.09. The average molecular weight is 217 g/mol. The van der Waals surface area contributed by atoms with Crippen LogP contribution in [0.4, 0.5) is 0 Å². The van der Waals surface area contributed by atoms with Gasteiger partial charge in [-0.2, -0.15) is 0 Å². The standard InChI is InChI=1S/C13H15NO2/c1-10-6-7-12(13(15)16-3)11(9-10)5-4-8-14-2/h6-7,9,14H,8H2,1-3H3. The van der Waals surface area contributed by atoms with Crippen LogP contribution < -0.4 is 5.32 Å². The van der Waals surface area contributed by atoms with Gasteiger partial charge in [-0.15, -0.1) is 0 Å². The van der Waals surface area contributed by atoms with E-state index in [1.54, 1.807) is 6.07 Å². The van der Waals surface area contributed by atoms with Gasteiger partial charge in [0.1, 0.15) is 0 Å². The highest BCUT2D eigenvalue weighted by molar-refractivity contribution is 5.92. The summed E-state index contributed by atoms with van der Waals surface area (Å²) in [4.78, 5) is 11.5. The van der Waals surface area contributed by atoms with Crippen molar-refractivity contribution in [2.75, 3.05) is 20.7 Å². The number of aryl methyl sites for hydroxylation is 1. The Morgan fingerprint density at radius 1 is 1.50 bits per heavy atom. The fourth-order valence-corrected chi connectivity index (χ4v) is 1.28. The molecule has 0 atom stereocenters. The SMILES string of the molecule is CNCC#Cc1cc(C)ccc1C(=O)OC. The fraction of sp³-hybridized carbons (Fsp3) is 0.308. The molecule has 0 bridgehead atoms. The van der Waals surface area contributed by atoms with E-state index in [2.05, 4.69) is 17.2 Å². The molecule has 1 aromatic carbocycles. The van der Waals surface area contributed by atoms with E-state index in [4.69, 9.17) is 4.74 Å². The molecule has 1 aromatic rings. The van der Waals surface area contributed by atoms with Gasteiger partial charge in [-0.1, -0.05) is 17.9 Å². The number of hydrogen-bond acceptors (Lipinski definition) is 3. The minimum atomic E-state index is -0.353. The van der Waals surface area contributed by atoms with Crippen LogP contribution in [-0.2, 0) is 4.74 Å². The van der Waals surface area contributed by atoms with E-state index in [-0.39, 0.29) is 5.97 Å². The predicted molar refractivity (Wildman–Crippen MR) is 63.3 cm³/mol. The van der Waals surface area contributed by atoms with Gasteiger partial charge in [0.2, 0.25) is 0 Å². The molecule has 1 N–H and O–H groups in total. The molecule has 3 nitrogen and oxygen atoms in total. The number of rotatable bonds is 2. The largest absolute Gasteiger partial charge is 0.465 e. The monoisotopic (exact) mass is 217 g/mol. The number of hydrogen-bond donors (Lipinski definition) is 1. The summed E-state index contributed by atoms with van der Waals surface area (Å²) in [6, 6.07) is 5.50. The number of carbonyl (C=O) groups is 1. The predicted octanol–water partition coefficient (Wildman–Crippen LogP) is 1.35. The maximum atomic E-state index is 11.5. The first-order valence-corrected chi connectivity index (χ1v) is 5.01. The molecule has 0 unspecified atom stereocenters. The highest BCUT2D eigenvalue weighted by atomic mass is 16.5. The first kappa shape index (κ1) is 12.3. The summed E-state index contributed by atoms with van der Waals surface area (Å²) in [6.45, 7) is 2.55. The van der Waals surface area contributed by atoms with Gasteiger partial charge in [0.15, 0.2) is 0 Å². The Kier molecular flexibility index (Phi) is 4.56. The molecule has 1 rings (SSSR count). The van der Waals surface area contributed by atoms with Crippen LogP contribution in [0.1, 0.15) is 21.5 Å². The van der Waals surface area contributed by atoms with Crippen LogP contribution in [0.3, 0.4) is 0 Å². The van der Waals surface area contributed by atoms with Crippen LogP contribution in [0.25, 0.3) is 0 Å². The quantitative estimate of drug-likeness (QED) is 0.600. The lowest BCUT2D eigenvalue weighted by Crippen LogP contribution is -2.06. The van der Waals surface area contributed by atoms with Crippen LogP contribution >= 0.6 is 0 Å². The second-order valence-corrected chi connectivity index (χ2v) is 3.37. The molecule has 3 heteroatoms. The van der Waals surface area contributed by atoms with E-state index in [9.17, 15) is 4.79 Å². The van der Waals surface area contributed by atoms with Crippen LogP contribution in [0.5, 0.6) is 0 Å². The molecule has 84 valence electrons. The summed E-state index contributed by atoms with van der Waals surface area (Å²) in [5.41, 5.74) is 2.29. The smallest absolute Gasteiger partial charge is 0.339 e. The second-order valence-electron chi connectivity index (χ2n) is 3.37. The van der Waals surface area contributed by atoms with Gasteiger partial charge in [0.05, 0.1) is 19.2 Å². The molecule has 0 fully saturated rings. The molecule has 0 saturated carbocycles. The van der Waals surface area contributed by atoms with Crippen molar-refractivity contribution >= 4 is 5.97 Å². The summed E-state index contributed by atoms with van der Waals surface area (Å²) in [5.74, 6) is 5.53. The fourth-order valence-electron chi connectivity index (χ4n) is 1.28. The third kappa shape index (κ3) is 3.11. The van der Waals surface area contributed by atoms with Crippen molar-refractivity contribution in [2.45, 2.75) is 6.92 Å². The minimum absolute atomic E-state index is 0.353. The molecule has 0 saturated heterocycles. The van der Waals surface area contributed by atoms with Gasteiger partial charge in [0, 0.05) is 5.56 Å². The Hall–Kier alpha value is -1.79. The number of esters is 1. The van der Waals surface area contributed by atoms with Gasteiger partial charge in [0.25, 0.3) is 0 Å². The second kappa shape index (κ2) is 5.94. The maximum absolute atomic E-state index is 11.5. The number of methoxy groups -OCH3 is 1. The van der Waals surface area contributed by atoms with Crippen molar-refractivity contribution in [1.29, 1.82) is 0 Å². The van der Waals surface area contributed by atoms with Crippen molar-refractivity contribution in [3.63, 3.8) is 0 Å². The van der Waals surface area contributed by atoms with E-state index in [1.807, 2.05) is 26.1 Å².